The Morgan fingerprint density at radius 2 is 2.25 bits per heavy atom. The molecular weight excluding hydrogens is 222 g/mol. The zero-order valence-corrected chi connectivity index (χ0v) is 10.7. The Hall–Kier alpha value is -0.550. The maximum absolute atomic E-state index is 6.24. The Morgan fingerprint density at radius 1 is 1.50 bits per heavy atom. The molecule has 16 heavy (non-hydrogen) atoms. The van der Waals surface area contributed by atoms with Gasteiger partial charge >= 0.3 is 0 Å². The molecule has 1 saturated heterocycles. The summed E-state index contributed by atoms with van der Waals surface area (Å²) in [6.45, 7) is 4.12. The zero-order chi connectivity index (χ0) is 11.6. The van der Waals surface area contributed by atoms with E-state index in [-0.39, 0.29) is 0 Å². The first-order valence-electron chi connectivity index (χ1n) is 5.94. The van der Waals surface area contributed by atoms with E-state index < -0.39 is 5.54 Å². The zero-order valence-electron chi connectivity index (χ0n) is 9.90. The maximum Gasteiger partial charge on any atom is 0.239 e. The van der Waals surface area contributed by atoms with Gasteiger partial charge in [-0.1, -0.05) is 19.0 Å². The van der Waals surface area contributed by atoms with Crippen molar-refractivity contribution in [2.24, 2.45) is 5.73 Å². The van der Waals surface area contributed by atoms with Gasteiger partial charge in [0.2, 0.25) is 5.89 Å². The molecule has 1 atom stereocenters. The first kappa shape index (κ1) is 11.9. The molecule has 2 N–H and O–H groups in total. The molecule has 0 amide bonds. The van der Waals surface area contributed by atoms with Crippen LogP contribution in [0, 0.1) is 0 Å². The Morgan fingerprint density at radius 3 is 2.81 bits per heavy atom. The standard InChI is InChI=1S/C11H19N3OS/c1-3-11(12,4-2)10-13-9(15-14-10)8-6-5-7-16-8/h8H,3-7,12H2,1-2H3. The number of nitrogens with two attached hydrogens (primary N) is 1. The summed E-state index contributed by atoms with van der Waals surface area (Å²) < 4.78 is 5.34. The quantitative estimate of drug-likeness (QED) is 0.877. The van der Waals surface area contributed by atoms with Crippen LogP contribution in [0.25, 0.3) is 0 Å². The van der Waals surface area contributed by atoms with Crippen LogP contribution >= 0.6 is 11.8 Å². The van der Waals surface area contributed by atoms with E-state index in [1.165, 1.54) is 12.2 Å². The normalized spacial score (nSPS) is 21.6. The topological polar surface area (TPSA) is 64.9 Å². The van der Waals surface area contributed by atoms with Crippen molar-refractivity contribution in [2.75, 3.05) is 5.75 Å². The van der Waals surface area contributed by atoms with Crippen LogP contribution in [0.5, 0.6) is 0 Å². The van der Waals surface area contributed by atoms with Crippen LogP contribution in [0.15, 0.2) is 4.52 Å². The van der Waals surface area contributed by atoms with Gasteiger partial charge in [0.15, 0.2) is 5.82 Å². The summed E-state index contributed by atoms with van der Waals surface area (Å²) in [4.78, 5) is 4.48. The molecule has 2 rings (SSSR count). The van der Waals surface area contributed by atoms with Crippen molar-refractivity contribution < 1.29 is 4.52 Å². The van der Waals surface area contributed by atoms with Crippen LogP contribution in [-0.4, -0.2) is 15.9 Å². The highest BCUT2D eigenvalue weighted by Gasteiger charge is 2.31. The molecule has 4 nitrogen and oxygen atoms in total. The van der Waals surface area contributed by atoms with Gasteiger partial charge in [0.1, 0.15) is 0 Å². The van der Waals surface area contributed by atoms with E-state index >= 15 is 0 Å². The molecule has 1 aromatic heterocycles. The lowest BCUT2D eigenvalue weighted by atomic mass is 9.93. The molecule has 0 aromatic carbocycles. The first-order valence-corrected chi connectivity index (χ1v) is 6.99. The first-order chi connectivity index (χ1) is 7.69. The molecule has 1 fully saturated rings. The van der Waals surface area contributed by atoms with Gasteiger partial charge in [-0.15, -0.1) is 11.8 Å². The van der Waals surface area contributed by atoms with Crippen molar-refractivity contribution in [2.45, 2.75) is 50.3 Å². The van der Waals surface area contributed by atoms with Crippen LogP contribution in [-0.2, 0) is 5.54 Å². The minimum absolute atomic E-state index is 0.388. The Bertz CT molecular complexity index is 343. The van der Waals surface area contributed by atoms with E-state index in [1.807, 2.05) is 11.8 Å². The van der Waals surface area contributed by atoms with Gasteiger partial charge in [-0.25, -0.2) is 0 Å². The summed E-state index contributed by atoms with van der Waals surface area (Å²) in [6, 6.07) is 0. The lowest BCUT2D eigenvalue weighted by Gasteiger charge is -2.21. The van der Waals surface area contributed by atoms with Gasteiger partial charge < -0.3 is 10.3 Å². The van der Waals surface area contributed by atoms with Gasteiger partial charge in [0.25, 0.3) is 0 Å². The van der Waals surface area contributed by atoms with Crippen molar-refractivity contribution in [3.8, 4) is 0 Å². The van der Waals surface area contributed by atoms with Gasteiger partial charge in [-0.3, -0.25) is 0 Å². The summed E-state index contributed by atoms with van der Waals surface area (Å²) in [6.07, 6.45) is 4.05. The number of aromatic nitrogens is 2. The third-order valence-corrected chi connectivity index (χ3v) is 4.72. The van der Waals surface area contributed by atoms with E-state index in [2.05, 4.69) is 24.0 Å². The summed E-state index contributed by atoms with van der Waals surface area (Å²) in [5, 5.41) is 4.44. The summed E-state index contributed by atoms with van der Waals surface area (Å²) >= 11 is 1.90. The predicted molar refractivity (Wildman–Crippen MR) is 65.2 cm³/mol. The van der Waals surface area contributed by atoms with E-state index in [9.17, 15) is 0 Å². The number of hydrogen-bond acceptors (Lipinski definition) is 5. The van der Waals surface area contributed by atoms with Crippen molar-refractivity contribution in [3.05, 3.63) is 11.7 Å². The largest absolute Gasteiger partial charge is 0.338 e. The van der Waals surface area contributed by atoms with E-state index in [0.717, 1.165) is 25.2 Å². The van der Waals surface area contributed by atoms with Crippen molar-refractivity contribution in [1.29, 1.82) is 0 Å². The van der Waals surface area contributed by atoms with Crippen LogP contribution in [0.4, 0.5) is 0 Å². The van der Waals surface area contributed by atoms with E-state index in [1.54, 1.807) is 0 Å². The summed E-state index contributed by atoms with van der Waals surface area (Å²) in [5.74, 6) is 2.62. The highest BCUT2D eigenvalue weighted by Crippen LogP contribution is 2.39. The fourth-order valence-electron chi connectivity index (χ4n) is 1.91. The molecule has 0 radical (unpaired) electrons. The fraction of sp³-hybridized carbons (Fsp3) is 0.818. The monoisotopic (exact) mass is 241 g/mol. The lowest BCUT2D eigenvalue weighted by molar-refractivity contribution is 0.334. The molecule has 1 aliphatic heterocycles. The second kappa shape index (κ2) is 4.75. The van der Waals surface area contributed by atoms with Crippen LogP contribution < -0.4 is 5.73 Å². The minimum atomic E-state index is -0.426. The van der Waals surface area contributed by atoms with E-state index in [0.29, 0.717) is 11.1 Å². The number of rotatable bonds is 4. The van der Waals surface area contributed by atoms with Crippen LogP contribution in [0.1, 0.15) is 56.5 Å². The van der Waals surface area contributed by atoms with Crippen LogP contribution in [0.3, 0.4) is 0 Å². The number of hydrogen-bond donors (Lipinski definition) is 1. The van der Waals surface area contributed by atoms with Gasteiger partial charge in [-0.2, -0.15) is 4.98 Å². The average molecular weight is 241 g/mol. The van der Waals surface area contributed by atoms with Crippen molar-refractivity contribution in [1.82, 2.24) is 10.1 Å². The fourth-order valence-corrected chi connectivity index (χ4v) is 3.10. The van der Waals surface area contributed by atoms with Crippen LogP contribution in [0.2, 0.25) is 0 Å². The molecule has 1 aromatic rings. The number of thioether (sulfide) groups is 1. The van der Waals surface area contributed by atoms with Gasteiger partial charge in [0, 0.05) is 0 Å². The molecule has 0 saturated carbocycles. The Labute approximate surface area is 100 Å². The average Bonchev–Trinajstić information content (AvgIpc) is 2.97. The second-order valence-corrected chi connectivity index (χ2v) is 5.63. The third kappa shape index (κ3) is 2.11. The van der Waals surface area contributed by atoms with Crippen molar-refractivity contribution in [3.63, 3.8) is 0 Å². The predicted octanol–water partition coefficient (Wildman–Crippen LogP) is 2.61. The van der Waals surface area contributed by atoms with E-state index in [4.69, 9.17) is 10.3 Å². The summed E-state index contributed by atoms with van der Waals surface area (Å²) in [7, 11) is 0. The molecule has 5 heteroatoms. The molecule has 1 unspecified atom stereocenters. The van der Waals surface area contributed by atoms with Gasteiger partial charge in [0.05, 0.1) is 10.8 Å². The molecule has 0 spiro atoms. The SMILES string of the molecule is CCC(N)(CC)c1noc(C2CCCS2)n1. The molecule has 0 aliphatic carbocycles. The highest BCUT2D eigenvalue weighted by atomic mass is 32.2. The second-order valence-electron chi connectivity index (χ2n) is 4.32. The third-order valence-electron chi connectivity index (χ3n) is 3.35. The summed E-state index contributed by atoms with van der Waals surface area (Å²) in [5.41, 5.74) is 5.81. The smallest absolute Gasteiger partial charge is 0.239 e. The van der Waals surface area contributed by atoms with Gasteiger partial charge in [-0.05, 0) is 31.4 Å². The highest BCUT2D eigenvalue weighted by molar-refractivity contribution is 7.99. The molecular formula is C11H19N3OS. The Kier molecular flexibility index (Phi) is 3.54. The molecule has 0 bridgehead atoms. The van der Waals surface area contributed by atoms with Crippen molar-refractivity contribution >= 4 is 11.8 Å². The maximum atomic E-state index is 6.24. The molecule has 2 heterocycles. The lowest BCUT2D eigenvalue weighted by Crippen LogP contribution is -2.36. The number of nitrogens with zero attached hydrogens (tertiary/aromatic N) is 2. The Balaban J connectivity index is 2.17. The molecule has 90 valence electrons. The molecule has 1 aliphatic rings. The minimum Gasteiger partial charge on any atom is -0.338 e.